The molecule has 0 amide bonds. The molecule has 4 aromatic heterocycles. The summed E-state index contributed by atoms with van der Waals surface area (Å²) in [6.45, 7) is 0. The number of thiophene rings is 1. The van der Waals surface area contributed by atoms with E-state index in [4.69, 9.17) is 19.4 Å². The van der Waals surface area contributed by atoms with Crippen LogP contribution < -0.4 is 0 Å². The van der Waals surface area contributed by atoms with Crippen LogP contribution in [0, 0.1) is 0 Å². The summed E-state index contributed by atoms with van der Waals surface area (Å²) in [4.78, 5) is 16.4. The predicted molar refractivity (Wildman–Crippen MR) is 281 cm³/mol. The van der Waals surface area contributed by atoms with E-state index in [-0.39, 0.29) is 0 Å². The fraction of sp³-hybridized carbons (Fsp3) is 0. The van der Waals surface area contributed by atoms with Gasteiger partial charge in [0.15, 0.2) is 17.5 Å². The summed E-state index contributed by atoms with van der Waals surface area (Å²) in [5.74, 6) is 1.77. The standard InChI is InChI=1S/C61H34N4OS/c1-2-16-39-31-51-47(30-38(39)15-1)57-42-19-7-4-13-36(42)25-28-50(57)65(51)52-33-49-54(66-53-29-26-37-14-5-8-20-43(37)58(49)53)34-48(52)61-63-59(40-24-27-45-44-21-9-10-23-55(44)67-56(45)32-40)62-60(64-61)46-22-11-17-35-12-3-6-18-41(35)46/h1-34H. The Balaban J connectivity index is 1.09. The average Bonchev–Trinajstić information content (AvgIpc) is 4.06. The van der Waals surface area contributed by atoms with Crippen LogP contribution in [0.25, 0.3) is 147 Å². The zero-order chi connectivity index (χ0) is 43.7. The third kappa shape index (κ3) is 5.45. The summed E-state index contributed by atoms with van der Waals surface area (Å²) < 4.78 is 11.8. The molecule has 11 aromatic carbocycles. The van der Waals surface area contributed by atoms with Gasteiger partial charge in [-0.15, -0.1) is 11.3 Å². The maximum atomic E-state index is 6.87. The average molecular weight is 871 g/mol. The minimum atomic E-state index is 0.558. The second-order valence-electron chi connectivity index (χ2n) is 17.5. The van der Waals surface area contributed by atoms with Crippen molar-refractivity contribution in [3.63, 3.8) is 0 Å². The molecule has 5 nitrogen and oxygen atoms in total. The molecule has 0 aliphatic heterocycles. The third-order valence-electron chi connectivity index (χ3n) is 13.8. The summed E-state index contributed by atoms with van der Waals surface area (Å²) in [7, 11) is 0. The van der Waals surface area contributed by atoms with Crippen molar-refractivity contribution < 1.29 is 4.42 Å². The Morgan fingerprint density at radius 3 is 1.76 bits per heavy atom. The minimum absolute atomic E-state index is 0.558. The number of rotatable bonds is 4. The number of hydrogen-bond acceptors (Lipinski definition) is 5. The zero-order valence-corrected chi connectivity index (χ0v) is 36.6. The van der Waals surface area contributed by atoms with Gasteiger partial charge in [-0.2, -0.15) is 0 Å². The molecule has 15 aromatic rings. The highest BCUT2D eigenvalue weighted by Gasteiger charge is 2.24. The van der Waals surface area contributed by atoms with Crippen LogP contribution in [0.15, 0.2) is 211 Å². The Morgan fingerprint density at radius 1 is 0.343 bits per heavy atom. The van der Waals surface area contributed by atoms with Crippen LogP contribution in [-0.4, -0.2) is 19.5 Å². The molecule has 0 aliphatic rings. The van der Waals surface area contributed by atoms with E-state index in [1.165, 1.54) is 52.5 Å². The quantitative estimate of drug-likeness (QED) is 0.177. The Bertz CT molecular complexity index is 4590. The van der Waals surface area contributed by atoms with Gasteiger partial charge in [-0.05, 0) is 91.6 Å². The van der Waals surface area contributed by atoms with Crippen LogP contribution in [-0.2, 0) is 0 Å². The smallest absolute Gasteiger partial charge is 0.166 e. The lowest BCUT2D eigenvalue weighted by atomic mass is 10.0. The highest BCUT2D eigenvalue weighted by molar-refractivity contribution is 7.25. The fourth-order valence-corrected chi connectivity index (χ4v) is 11.9. The molecule has 15 rings (SSSR count). The Labute approximate surface area is 386 Å². The van der Waals surface area contributed by atoms with Gasteiger partial charge in [-0.25, -0.2) is 15.0 Å². The van der Waals surface area contributed by atoms with E-state index in [1.54, 1.807) is 11.3 Å². The number of benzene rings is 11. The van der Waals surface area contributed by atoms with Gasteiger partial charge in [-0.3, -0.25) is 0 Å². The van der Waals surface area contributed by atoms with E-state index < -0.39 is 0 Å². The number of hydrogen-bond donors (Lipinski definition) is 0. The van der Waals surface area contributed by atoms with Crippen LogP contribution in [0.5, 0.6) is 0 Å². The molecule has 0 radical (unpaired) electrons. The van der Waals surface area contributed by atoms with Crippen LogP contribution in [0.4, 0.5) is 0 Å². The van der Waals surface area contributed by atoms with Crippen molar-refractivity contribution in [1.29, 1.82) is 0 Å². The van der Waals surface area contributed by atoms with Crippen molar-refractivity contribution in [3.8, 4) is 39.9 Å². The molecule has 4 heterocycles. The maximum Gasteiger partial charge on any atom is 0.166 e. The molecule has 0 saturated carbocycles. The molecule has 0 fully saturated rings. The van der Waals surface area contributed by atoms with E-state index in [9.17, 15) is 0 Å². The maximum absolute atomic E-state index is 6.87. The van der Waals surface area contributed by atoms with E-state index >= 15 is 0 Å². The topological polar surface area (TPSA) is 56.7 Å². The summed E-state index contributed by atoms with van der Waals surface area (Å²) in [5, 5.41) is 16.3. The first-order chi connectivity index (χ1) is 33.2. The van der Waals surface area contributed by atoms with Gasteiger partial charge in [0.05, 0.1) is 16.7 Å². The predicted octanol–water partition coefficient (Wildman–Crippen LogP) is 16.8. The molecule has 310 valence electrons. The Hall–Kier alpha value is -8.71. The van der Waals surface area contributed by atoms with Crippen molar-refractivity contribution in [2.75, 3.05) is 0 Å². The minimum Gasteiger partial charge on any atom is -0.456 e. The number of aromatic nitrogens is 4. The molecular weight excluding hydrogens is 837 g/mol. The van der Waals surface area contributed by atoms with Crippen molar-refractivity contribution in [2.45, 2.75) is 0 Å². The highest BCUT2D eigenvalue weighted by Crippen LogP contribution is 2.45. The Morgan fingerprint density at radius 2 is 0.955 bits per heavy atom. The van der Waals surface area contributed by atoms with E-state index in [1.807, 2.05) is 0 Å². The molecular formula is C61H34N4OS. The molecule has 0 unspecified atom stereocenters. The number of furan rings is 1. The molecule has 0 N–H and O–H groups in total. The first kappa shape index (κ1) is 36.6. The van der Waals surface area contributed by atoms with Crippen molar-refractivity contribution >= 4 is 118 Å². The molecule has 0 spiro atoms. The second-order valence-corrected chi connectivity index (χ2v) is 18.6. The summed E-state index contributed by atoms with van der Waals surface area (Å²) in [6, 6.07) is 73.9. The highest BCUT2D eigenvalue weighted by atomic mass is 32.1. The Kier molecular flexibility index (Phi) is 7.59. The van der Waals surface area contributed by atoms with Gasteiger partial charge in [0, 0.05) is 58.4 Å². The molecule has 0 saturated heterocycles. The van der Waals surface area contributed by atoms with Crippen molar-refractivity contribution in [3.05, 3.63) is 206 Å². The fourth-order valence-electron chi connectivity index (χ4n) is 10.7. The third-order valence-corrected chi connectivity index (χ3v) is 14.9. The normalized spacial score (nSPS) is 12.2. The first-order valence-electron chi connectivity index (χ1n) is 22.6. The SMILES string of the molecule is c1ccc2cc3c(cc2c1)c1c2ccccc2ccc1n3-c1cc2c(cc1-c1nc(-c3ccc4c(c3)sc3ccccc34)nc(-c3cccc4ccccc34)n1)oc1ccc3ccccc3c12. The largest absolute Gasteiger partial charge is 0.456 e. The number of fused-ring (bicyclic) bond motifs is 15. The lowest BCUT2D eigenvalue weighted by molar-refractivity contribution is 0.669. The zero-order valence-electron chi connectivity index (χ0n) is 35.7. The first-order valence-corrected chi connectivity index (χ1v) is 23.4. The lowest BCUT2D eigenvalue weighted by Crippen LogP contribution is -2.04. The lowest BCUT2D eigenvalue weighted by Gasteiger charge is -2.16. The second kappa shape index (κ2) is 13.9. The van der Waals surface area contributed by atoms with E-state index in [2.05, 4.69) is 211 Å². The van der Waals surface area contributed by atoms with E-state index in [0.29, 0.717) is 17.5 Å². The molecule has 67 heavy (non-hydrogen) atoms. The molecule has 0 bridgehead atoms. The molecule has 0 aliphatic carbocycles. The van der Waals surface area contributed by atoms with Gasteiger partial charge in [0.25, 0.3) is 0 Å². The van der Waals surface area contributed by atoms with Crippen LogP contribution >= 0.6 is 11.3 Å². The molecule has 0 atom stereocenters. The summed E-state index contributed by atoms with van der Waals surface area (Å²) >= 11 is 1.79. The molecule has 6 heteroatoms. The van der Waals surface area contributed by atoms with Crippen LogP contribution in [0.3, 0.4) is 0 Å². The van der Waals surface area contributed by atoms with Crippen molar-refractivity contribution in [2.24, 2.45) is 0 Å². The van der Waals surface area contributed by atoms with Gasteiger partial charge in [-0.1, -0.05) is 158 Å². The van der Waals surface area contributed by atoms with Gasteiger partial charge in [0.2, 0.25) is 0 Å². The van der Waals surface area contributed by atoms with Crippen LogP contribution in [0.2, 0.25) is 0 Å². The van der Waals surface area contributed by atoms with Gasteiger partial charge < -0.3 is 8.98 Å². The van der Waals surface area contributed by atoms with Gasteiger partial charge >= 0.3 is 0 Å². The summed E-state index contributed by atoms with van der Waals surface area (Å²) in [5.41, 5.74) is 7.46. The number of nitrogens with zero attached hydrogens (tertiary/aromatic N) is 4. The van der Waals surface area contributed by atoms with Crippen LogP contribution in [0.1, 0.15) is 0 Å². The monoisotopic (exact) mass is 870 g/mol. The summed E-state index contributed by atoms with van der Waals surface area (Å²) in [6.07, 6.45) is 0. The van der Waals surface area contributed by atoms with Gasteiger partial charge in [0.1, 0.15) is 11.2 Å². The van der Waals surface area contributed by atoms with E-state index in [0.717, 1.165) is 76.9 Å². The van der Waals surface area contributed by atoms with Crippen molar-refractivity contribution in [1.82, 2.24) is 19.5 Å².